The summed E-state index contributed by atoms with van der Waals surface area (Å²) in [5.41, 5.74) is 7.56. The summed E-state index contributed by atoms with van der Waals surface area (Å²) in [5.74, 6) is -0.372. The second kappa shape index (κ2) is 6.89. The molecule has 0 bridgehead atoms. The molecular formula is C14H22N2O2. The van der Waals surface area contributed by atoms with Crippen LogP contribution >= 0.6 is 0 Å². The number of hydrogen-bond donors (Lipinski definition) is 2. The average Bonchev–Trinajstić information content (AvgIpc) is 2.38. The maximum absolute atomic E-state index is 11.7. The molecule has 100 valence electrons. The number of carbonyl (C=O) groups excluding carboxylic acids is 1. The van der Waals surface area contributed by atoms with Gasteiger partial charge in [-0.25, -0.2) is 4.79 Å². The van der Waals surface area contributed by atoms with Crippen LogP contribution in [0.4, 0.5) is 11.4 Å². The number of esters is 1. The molecule has 0 aromatic heterocycles. The predicted octanol–water partition coefficient (Wildman–Crippen LogP) is 3.05. The monoisotopic (exact) mass is 250 g/mol. The standard InChI is InChI=1S/C14H22N2O2/c1-4-10(5-2)16-11-7-8-13(15)12(9-11)14(17)18-6-3/h7-10,16H,4-6,15H2,1-3H3. The van der Waals surface area contributed by atoms with Crippen LogP contribution < -0.4 is 11.1 Å². The minimum absolute atomic E-state index is 0.350. The maximum Gasteiger partial charge on any atom is 0.340 e. The van der Waals surface area contributed by atoms with Crippen LogP contribution in [0.15, 0.2) is 18.2 Å². The lowest BCUT2D eigenvalue weighted by Crippen LogP contribution is -2.17. The first kappa shape index (κ1) is 14.4. The van der Waals surface area contributed by atoms with E-state index in [1.807, 2.05) is 6.07 Å². The lowest BCUT2D eigenvalue weighted by Gasteiger charge is -2.17. The number of anilines is 2. The Morgan fingerprint density at radius 1 is 1.33 bits per heavy atom. The van der Waals surface area contributed by atoms with E-state index >= 15 is 0 Å². The third kappa shape index (κ3) is 3.65. The molecule has 0 atom stereocenters. The largest absolute Gasteiger partial charge is 0.462 e. The van der Waals surface area contributed by atoms with Gasteiger partial charge in [0.05, 0.1) is 12.2 Å². The van der Waals surface area contributed by atoms with Gasteiger partial charge >= 0.3 is 5.97 Å². The molecule has 1 rings (SSSR count). The van der Waals surface area contributed by atoms with Crippen LogP contribution in [0, 0.1) is 0 Å². The van der Waals surface area contributed by atoms with E-state index in [2.05, 4.69) is 19.2 Å². The third-order valence-electron chi connectivity index (χ3n) is 2.91. The van der Waals surface area contributed by atoms with Gasteiger partial charge in [0.1, 0.15) is 0 Å². The Balaban J connectivity index is 2.89. The molecule has 0 aliphatic rings. The van der Waals surface area contributed by atoms with Crippen molar-refractivity contribution in [2.45, 2.75) is 39.7 Å². The Morgan fingerprint density at radius 3 is 2.56 bits per heavy atom. The molecule has 0 amide bonds. The predicted molar refractivity (Wildman–Crippen MR) is 74.8 cm³/mol. The summed E-state index contributed by atoms with van der Waals surface area (Å²) in [7, 11) is 0. The zero-order valence-electron chi connectivity index (χ0n) is 11.3. The van der Waals surface area contributed by atoms with Crippen LogP contribution in [-0.2, 0) is 4.74 Å². The van der Waals surface area contributed by atoms with Gasteiger partial charge in [0.25, 0.3) is 0 Å². The first-order chi connectivity index (χ1) is 8.62. The van der Waals surface area contributed by atoms with Gasteiger partial charge in [0.15, 0.2) is 0 Å². The molecule has 0 saturated carbocycles. The van der Waals surface area contributed by atoms with Gasteiger partial charge in [0, 0.05) is 17.4 Å². The normalized spacial score (nSPS) is 10.4. The summed E-state index contributed by atoms with van der Waals surface area (Å²) < 4.78 is 4.97. The van der Waals surface area contributed by atoms with Crippen LogP contribution in [0.3, 0.4) is 0 Å². The molecule has 0 aliphatic heterocycles. The number of hydrogen-bond acceptors (Lipinski definition) is 4. The molecule has 3 N–H and O–H groups in total. The molecule has 4 heteroatoms. The van der Waals surface area contributed by atoms with Gasteiger partial charge in [-0.05, 0) is 38.0 Å². The summed E-state index contributed by atoms with van der Waals surface area (Å²) in [6.45, 7) is 6.39. The number of rotatable bonds is 6. The minimum Gasteiger partial charge on any atom is -0.462 e. The highest BCUT2D eigenvalue weighted by Crippen LogP contribution is 2.20. The summed E-state index contributed by atoms with van der Waals surface area (Å²) in [6, 6.07) is 5.78. The Morgan fingerprint density at radius 2 is 2.00 bits per heavy atom. The van der Waals surface area contributed by atoms with Crippen LogP contribution in [0.25, 0.3) is 0 Å². The van der Waals surface area contributed by atoms with Gasteiger partial charge in [-0.1, -0.05) is 13.8 Å². The average molecular weight is 250 g/mol. The molecule has 1 aromatic rings. The molecule has 18 heavy (non-hydrogen) atoms. The highest BCUT2D eigenvalue weighted by atomic mass is 16.5. The van der Waals surface area contributed by atoms with Crippen molar-refractivity contribution in [1.82, 2.24) is 0 Å². The van der Waals surface area contributed by atoms with Gasteiger partial charge in [0.2, 0.25) is 0 Å². The van der Waals surface area contributed by atoms with E-state index < -0.39 is 0 Å². The van der Waals surface area contributed by atoms with E-state index in [9.17, 15) is 4.79 Å². The molecule has 0 saturated heterocycles. The summed E-state index contributed by atoms with van der Waals surface area (Å²) in [4.78, 5) is 11.7. The van der Waals surface area contributed by atoms with Gasteiger partial charge in [-0.2, -0.15) is 0 Å². The van der Waals surface area contributed by atoms with Crippen molar-refractivity contribution >= 4 is 17.3 Å². The second-order valence-electron chi connectivity index (χ2n) is 4.18. The zero-order chi connectivity index (χ0) is 13.5. The molecule has 0 spiro atoms. The third-order valence-corrected chi connectivity index (χ3v) is 2.91. The molecule has 4 nitrogen and oxygen atoms in total. The molecule has 0 radical (unpaired) electrons. The smallest absolute Gasteiger partial charge is 0.340 e. The molecule has 0 fully saturated rings. The molecular weight excluding hydrogens is 228 g/mol. The highest BCUT2D eigenvalue weighted by molar-refractivity contribution is 5.96. The van der Waals surface area contributed by atoms with Crippen molar-refractivity contribution < 1.29 is 9.53 Å². The van der Waals surface area contributed by atoms with Crippen molar-refractivity contribution in [1.29, 1.82) is 0 Å². The quantitative estimate of drug-likeness (QED) is 0.601. The van der Waals surface area contributed by atoms with Crippen molar-refractivity contribution in [3.63, 3.8) is 0 Å². The first-order valence-electron chi connectivity index (χ1n) is 6.45. The number of benzene rings is 1. The number of nitrogens with one attached hydrogen (secondary N) is 1. The Labute approximate surface area is 109 Å². The van der Waals surface area contributed by atoms with E-state index in [0.717, 1.165) is 18.5 Å². The first-order valence-corrected chi connectivity index (χ1v) is 6.45. The highest BCUT2D eigenvalue weighted by Gasteiger charge is 2.12. The lowest BCUT2D eigenvalue weighted by molar-refractivity contribution is 0.0527. The van der Waals surface area contributed by atoms with Crippen molar-refractivity contribution in [2.75, 3.05) is 17.7 Å². The van der Waals surface area contributed by atoms with Gasteiger partial charge in [-0.3, -0.25) is 0 Å². The van der Waals surface area contributed by atoms with Crippen molar-refractivity contribution in [3.05, 3.63) is 23.8 Å². The van der Waals surface area contributed by atoms with Crippen LogP contribution in [-0.4, -0.2) is 18.6 Å². The van der Waals surface area contributed by atoms with E-state index in [4.69, 9.17) is 10.5 Å². The number of nitrogen functional groups attached to an aromatic ring is 1. The van der Waals surface area contributed by atoms with Crippen molar-refractivity contribution in [2.24, 2.45) is 0 Å². The molecule has 0 heterocycles. The lowest BCUT2D eigenvalue weighted by atomic mass is 10.1. The molecule has 1 aromatic carbocycles. The molecule has 0 aliphatic carbocycles. The summed E-state index contributed by atoms with van der Waals surface area (Å²) >= 11 is 0. The zero-order valence-corrected chi connectivity index (χ0v) is 11.3. The summed E-state index contributed by atoms with van der Waals surface area (Å²) in [5, 5.41) is 3.38. The number of carbonyl (C=O) groups is 1. The van der Waals surface area contributed by atoms with E-state index in [1.165, 1.54) is 0 Å². The SMILES string of the molecule is CCOC(=O)c1cc(NC(CC)CC)ccc1N. The summed E-state index contributed by atoms with van der Waals surface area (Å²) in [6.07, 6.45) is 2.07. The Hall–Kier alpha value is -1.71. The maximum atomic E-state index is 11.7. The van der Waals surface area contributed by atoms with Gasteiger partial charge < -0.3 is 15.8 Å². The fourth-order valence-corrected chi connectivity index (χ4v) is 1.76. The van der Waals surface area contributed by atoms with E-state index in [0.29, 0.717) is 23.9 Å². The van der Waals surface area contributed by atoms with Gasteiger partial charge in [-0.15, -0.1) is 0 Å². The second-order valence-corrected chi connectivity index (χ2v) is 4.18. The van der Waals surface area contributed by atoms with Crippen LogP contribution in [0.5, 0.6) is 0 Å². The van der Waals surface area contributed by atoms with Crippen molar-refractivity contribution in [3.8, 4) is 0 Å². The number of ether oxygens (including phenoxy) is 1. The fourth-order valence-electron chi connectivity index (χ4n) is 1.76. The van der Waals surface area contributed by atoms with E-state index in [-0.39, 0.29) is 5.97 Å². The number of nitrogens with two attached hydrogens (primary N) is 1. The van der Waals surface area contributed by atoms with Crippen LogP contribution in [0.1, 0.15) is 44.0 Å². The van der Waals surface area contributed by atoms with E-state index in [1.54, 1.807) is 19.1 Å². The Bertz CT molecular complexity index is 401. The Kier molecular flexibility index (Phi) is 5.49. The minimum atomic E-state index is -0.372. The molecule has 0 unspecified atom stereocenters. The fraction of sp³-hybridized carbons (Fsp3) is 0.500. The van der Waals surface area contributed by atoms with Crippen LogP contribution in [0.2, 0.25) is 0 Å². The topological polar surface area (TPSA) is 64.3 Å².